The predicted molar refractivity (Wildman–Crippen MR) is 28.3 cm³/mol. The van der Waals surface area contributed by atoms with Gasteiger partial charge in [0.25, 0.3) is 0 Å². The summed E-state index contributed by atoms with van der Waals surface area (Å²) >= 11 is 0. The fourth-order valence-corrected chi connectivity index (χ4v) is 0.243. The van der Waals surface area contributed by atoms with Crippen LogP contribution in [-0.2, 0) is 0 Å². The van der Waals surface area contributed by atoms with Crippen LogP contribution >= 0.6 is 0 Å². The Bertz CT molecular complexity index is 84.1. The molecule has 0 rings (SSSR count). The summed E-state index contributed by atoms with van der Waals surface area (Å²) in [5, 5.41) is 0. The third kappa shape index (κ3) is 5.49. The van der Waals surface area contributed by atoms with Crippen molar-refractivity contribution in [1.82, 2.24) is 0 Å². The molecule has 0 aromatic carbocycles. The second-order valence-corrected chi connectivity index (χ2v) is 1.87. The molecule has 0 fully saturated rings. The van der Waals surface area contributed by atoms with E-state index in [4.69, 9.17) is 0 Å². The summed E-state index contributed by atoms with van der Waals surface area (Å²) in [6.07, 6.45) is 2.01. The zero-order chi connectivity index (χ0) is 5.70. The second-order valence-electron chi connectivity index (χ2n) is 1.87. The van der Waals surface area contributed by atoms with Crippen LogP contribution in [0.1, 0.15) is 20.3 Å². The van der Waals surface area contributed by atoms with Crippen LogP contribution in [0.4, 0.5) is 4.39 Å². The van der Waals surface area contributed by atoms with Crippen LogP contribution in [0.5, 0.6) is 0 Å². The molecule has 0 spiro atoms. The van der Waals surface area contributed by atoms with Gasteiger partial charge in [0.05, 0.1) is 0 Å². The van der Waals surface area contributed by atoms with Crippen molar-refractivity contribution in [2.24, 2.45) is 5.92 Å². The van der Waals surface area contributed by atoms with Crippen molar-refractivity contribution in [2.75, 3.05) is 0 Å². The Morgan fingerprint density at radius 2 is 2.14 bits per heavy atom. The summed E-state index contributed by atoms with van der Waals surface area (Å²) in [5.74, 6) is 2.82. The summed E-state index contributed by atoms with van der Waals surface area (Å²) in [6, 6.07) is 0. The first kappa shape index (κ1) is 6.49. The molecule has 7 heavy (non-hydrogen) atoms. The molecule has 0 N–H and O–H groups in total. The summed E-state index contributed by atoms with van der Waals surface area (Å²) < 4.78 is 11.0. The Morgan fingerprint density at radius 3 is 2.29 bits per heavy atom. The van der Waals surface area contributed by atoms with Gasteiger partial charge in [-0.25, -0.2) is 0 Å². The molecule has 0 saturated heterocycles. The van der Waals surface area contributed by atoms with E-state index in [1.165, 1.54) is 6.17 Å². The van der Waals surface area contributed by atoms with Gasteiger partial charge < -0.3 is 0 Å². The van der Waals surface area contributed by atoms with Crippen molar-refractivity contribution in [1.29, 1.82) is 0 Å². The molecule has 0 aliphatic carbocycles. The Kier molecular flexibility index (Phi) is 3.40. The molecule has 0 aliphatic rings. The zero-order valence-corrected chi connectivity index (χ0v) is 4.66. The largest absolute Gasteiger partial charge is 0.144 e. The minimum absolute atomic E-state index is 0.489. The molecule has 0 unspecified atom stereocenters. The van der Waals surface area contributed by atoms with Crippen molar-refractivity contribution in [3.8, 4) is 12.1 Å². The third-order valence-corrected chi connectivity index (χ3v) is 0.577. The maximum atomic E-state index is 11.0. The van der Waals surface area contributed by atoms with Gasteiger partial charge in [0.1, 0.15) is 6.17 Å². The molecule has 1 heteroatoms. The summed E-state index contributed by atoms with van der Waals surface area (Å²) in [4.78, 5) is 0. The molecule has 0 nitrogen and oxygen atoms in total. The lowest BCUT2D eigenvalue weighted by Crippen LogP contribution is -1.80. The molecule has 0 heterocycles. The van der Waals surface area contributed by atoms with Gasteiger partial charge in [-0.05, 0) is 5.92 Å². The first-order chi connectivity index (χ1) is 3.27. The monoisotopic (exact) mass is 100 g/mol. The summed E-state index contributed by atoms with van der Waals surface area (Å²) in [5.41, 5.74) is 0. The fourth-order valence-electron chi connectivity index (χ4n) is 0.243. The molecule has 0 saturated carbocycles. The van der Waals surface area contributed by atoms with E-state index in [1.54, 1.807) is 0 Å². The van der Waals surface area contributed by atoms with Gasteiger partial charge in [0.2, 0.25) is 0 Å². The fraction of sp³-hybridized carbons (Fsp3) is 0.667. The van der Waals surface area contributed by atoms with Crippen molar-refractivity contribution < 1.29 is 4.39 Å². The summed E-state index contributed by atoms with van der Waals surface area (Å²) in [6.45, 7) is 4.01. The third-order valence-electron chi connectivity index (χ3n) is 0.577. The average molecular weight is 100 g/mol. The maximum absolute atomic E-state index is 11.0. The van der Waals surface area contributed by atoms with Gasteiger partial charge in [-0.15, -0.1) is 4.39 Å². The second kappa shape index (κ2) is 3.67. The van der Waals surface area contributed by atoms with Gasteiger partial charge in [-0.2, -0.15) is 0 Å². The van der Waals surface area contributed by atoms with Crippen molar-refractivity contribution >= 4 is 0 Å². The Hall–Kier alpha value is -0.510. The molecule has 0 aromatic rings. The summed E-state index contributed by atoms with van der Waals surface area (Å²) in [7, 11) is 0. The minimum atomic E-state index is 0.489. The van der Waals surface area contributed by atoms with Gasteiger partial charge in [0.15, 0.2) is 0 Å². The first-order valence-electron chi connectivity index (χ1n) is 2.36. The standard InChI is InChI=1S/C6H9F/c1-6(2)4-3-5-7/h6H,4H2,1-2H3. The van der Waals surface area contributed by atoms with Crippen LogP contribution in [0.15, 0.2) is 0 Å². The lowest BCUT2D eigenvalue weighted by Gasteiger charge is -1.90. The van der Waals surface area contributed by atoms with Crippen molar-refractivity contribution in [3.63, 3.8) is 0 Å². The first-order valence-corrected chi connectivity index (χ1v) is 2.36. The van der Waals surface area contributed by atoms with Gasteiger partial charge in [0, 0.05) is 6.42 Å². The lowest BCUT2D eigenvalue weighted by atomic mass is 10.1. The van der Waals surface area contributed by atoms with E-state index in [1.807, 2.05) is 13.8 Å². The van der Waals surface area contributed by atoms with Crippen LogP contribution in [0, 0.1) is 18.0 Å². The van der Waals surface area contributed by atoms with Crippen molar-refractivity contribution in [2.45, 2.75) is 20.3 Å². The maximum Gasteiger partial charge on any atom is 0.105 e. The van der Waals surface area contributed by atoms with E-state index < -0.39 is 0 Å². The van der Waals surface area contributed by atoms with E-state index >= 15 is 0 Å². The SMILES string of the molecule is CC(C)CC#CF. The lowest BCUT2D eigenvalue weighted by molar-refractivity contribution is 0.670. The molecule has 40 valence electrons. The highest BCUT2D eigenvalue weighted by molar-refractivity contribution is 4.90. The van der Waals surface area contributed by atoms with Crippen LogP contribution < -0.4 is 0 Å². The average Bonchev–Trinajstić information content (AvgIpc) is 1.61. The van der Waals surface area contributed by atoms with E-state index in [2.05, 4.69) is 5.92 Å². The smallest absolute Gasteiger partial charge is 0.105 e. The zero-order valence-electron chi connectivity index (χ0n) is 4.66. The Labute approximate surface area is 43.7 Å². The number of rotatable bonds is 1. The van der Waals surface area contributed by atoms with Crippen LogP contribution in [-0.4, -0.2) is 0 Å². The van der Waals surface area contributed by atoms with E-state index in [0.29, 0.717) is 12.3 Å². The number of hydrogen-bond acceptors (Lipinski definition) is 0. The highest BCUT2D eigenvalue weighted by atomic mass is 19.1. The molecule has 0 bridgehead atoms. The quantitative estimate of drug-likeness (QED) is 0.442. The molecular formula is C6H9F. The molecule has 0 aromatic heterocycles. The van der Waals surface area contributed by atoms with Gasteiger partial charge in [-0.3, -0.25) is 0 Å². The molecule has 0 atom stereocenters. The minimum Gasteiger partial charge on any atom is -0.144 e. The van der Waals surface area contributed by atoms with E-state index in [0.717, 1.165) is 0 Å². The van der Waals surface area contributed by atoms with Gasteiger partial charge in [-0.1, -0.05) is 19.8 Å². The van der Waals surface area contributed by atoms with E-state index in [-0.39, 0.29) is 0 Å². The predicted octanol–water partition coefficient (Wildman–Crippen LogP) is 1.96. The van der Waals surface area contributed by atoms with Crippen molar-refractivity contribution in [3.05, 3.63) is 0 Å². The van der Waals surface area contributed by atoms with E-state index in [9.17, 15) is 4.39 Å². The molecule has 0 amide bonds. The Morgan fingerprint density at radius 1 is 1.57 bits per heavy atom. The van der Waals surface area contributed by atoms with Crippen LogP contribution in [0.2, 0.25) is 0 Å². The number of hydrogen-bond donors (Lipinski definition) is 0. The molecular weight excluding hydrogens is 91.1 g/mol. The van der Waals surface area contributed by atoms with Crippen LogP contribution in [0.25, 0.3) is 0 Å². The molecule has 0 radical (unpaired) electrons. The highest BCUT2D eigenvalue weighted by Gasteiger charge is 1.84. The Balaban J connectivity index is 3.08. The van der Waals surface area contributed by atoms with Crippen LogP contribution in [0.3, 0.4) is 0 Å². The van der Waals surface area contributed by atoms with Gasteiger partial charge >= 0.3 is 0 Å². The number of halogens is 1. The topological polar surface area (TPSA) is 0 Å². The highest BCUT2D eigenvalue weighted by Crippen LogP contribution is 1.95. The normalized spacial score (nSPS) is 8.00. The molecule has 0 aliphatic heterocycles.